The first kappa shape index (κ1) is 13.9. The Kier molecular flexibility index (Phi) is 9.35. The summed E-state index contributed by atoms with van der Waals surface area (Å²) in [5.41, 5.74) is 0. The minimum Gasteiger partial charge on any atom is -0.390 e. The van der Waals surface area contributed by atoms with Crippen molar-refractivity contribution in [3.63, 3.8) is 0 Å². The van der Waals surface area contributed by atoms with E-state index >= 15 is 0 Å². The van der Waals surface area contributed by atoms with Crippen molar-refractivity contribution < 1.29 is 5.11 Å². The minimum absolute atomic E-state index is 0.0492. The molecule has 0 spiro atoms. The summed E-state index contributed by atoms with van der Waals surface area (Å²) >= 11 is 0. The van der Waals surface area contributed by atoms with Crippen LogP contribution >= 0.6 is 0 Å². The summed E-state index contributed by atoms with van der Waals surface area (Å²) in [5.74, 6) is 0. The van der Waals surface area contributed by atoms with E-state index in [1.165, 1.54) is 25.7 Å². The van der Waals surface area contributed by atoms with E-state index in [1.54, 1.807) is 0 Å². The Hall–Kier alpha value is -0.120. The first-order valence-corrected chi connectivity index (χ1v) is 5.87. The molecule has 3 N–H and O–H groups in total. The summed E-state index contributed by atoms with van der Waals surface area (Å²) < 4.78 is 0. The molecule has 0 aliphatic carbocycles. The van der Waals surface area contributed by atoms with E-state index < -0.39 is 0 Å². The van der Waals surface area contributed by atoms with Crippen LogP contribution in [0.3, 0.4) is 0 Å². The van der Waals surface area contributed by atoms with Crippen molar-refractivity contribution in [2.24, 2.45) is 0 Å². The summed E-state index contributed by atoms with van der Waals surface area (Å²) in [5, 5.41) is 16.1. The molecule has 0 fully saturated rings. The van der Waals surface area contributed by atoms with E-state index in [0.717, 1.165) is 13.1 Å². The molecule has 0 radical (unpaired) electrons. The number of hydrogen-bond acceptors (Lipinski definition) is 3. The lowest BCUT2D eigenvalue weighted by Gasteiger charge is -2.22. The van der Waals surface area contributed by atoms with Gasteiger partial charge in [-0.05, 0) is 32.9 Å². The van der Waals surface area contributed by atoms with E-state index in [2.05, 4.69) is 24.5 Å². The highest BCUT2D eigenvalue weighted by atomic mass is 16.3. The zero-order valence-electron chi connectivity index (χ0n) is 9.84. The molecular formula is C11H26N2O. The van der Waals surface area contributed by atoms with Crippen molar-refractivity contribution in [1.29, 1.82) is 0 Å². The first-order valence-electron chi connectivity index (χ1n) is 5.87. The average molecular weight is 202 g/mol. The van der Waals surface area contributed by atoms with Crippen molar-refractivity contribution in [2.75, 3.05) is 13.1 Å². The van der Waals surface area contributed by atoms with Crippen LogP contribution in [0.2, 0.25) is 0 Å². The maximum absolute atomic E-state index is 9.49. The maximum atomic E-state index is 9.49. The highest BCUT2D eigenvalue weighted by molar-refractivity contribution is 4.69. The van der Waals surface area contributed by atoms with Gasteiger partial charge in [-0.1, -0.05) is 26.7 Å². The standard InChI is InChI=1S/C11H26N2O/c1-4-6-8-12-11(10(3)14)13-9-7-5-2/h10-14H,4-9H2,1-3H3. The second kappa shape index (κ2) is 9.44. The van der Waals surface area contributed by atoms with Gasteiger partial charge in [-0.2, -0.15) is 0 Å². The number of hydrogen-bond donors (Lipinski definition) is 3. The molecule has 0 aromatic carbocycles. The molecule has 3 heteroatoms. The first-order chi connectivity index (χ1) is 6.72. The van der Waals surface area contributed by atoms with E-state index in [9.17, 15) is 5.11 Å². The van der Waals surface area contributed by atoms with Crippen molar-refractivity contribution in [3.05, 3.63) is 0 Å². The second-order valence-corrected chi connectivity index (χ2v) is 3.83. The van der Waals surface area contributed by atoms with Crippen LogP contribution in [0.25, 0.3) is 0 Å². The van der Waals surface area contributed by atoms with Gasteiger partial charge >= 0.3 is 0 Å². The monoisotopic (exact) mass is 202 g/mol. The van der Waals surface area contributed by atoms with Gasteiger partial charge < -0.3 is 5.11 Å². The van der Waals surface area contributed by atoms with Crippen LogP contribution in [0.4, 0.5) is 0 Å². The van der Waals surface area contributed by atoms with Crippen molar-refractivity contribution in [3.8, 4) is 0 Å². The van der Waals surface area contributed by atoms with Gasteiger partial charge in [0.15, 0.2) is 0 Å². The lowest BCUT2D eigenvalue weighted by atomic mass is 10.2. The van der Waals surface area contributed by atoms with Gasteiger partial charge in [0, 0.05) is 0 Å². The molecule has 3 nitrogen and oxygen atoms in total. The quantitative estimate of drug-likeness (QED) is 0.392. The molecule has 0 aliphatic rings. The summed E-state index contributed by atoms with van der Waals surface area (Å²) in [7, 11) is 0. The van der Waals surface area contributed by atoms with Gasteiger partial charge in [-0.15, -0.1) is 0 Å². The summed E-state index contributed by atoms with van der Waals surface area (Å²) in [6.07, 6.45) is 4.43. The Morgan fingerprint density at radius 3 is 1.71 bits per heavy atom. The number of rotatable bonds is 9. The predicted molar refractivity (Wildman–Crippen MR) is 61.3 cm³/mol. The van der Waals surface area contributed by atoms with E-state index in [-0.39, 0.29) is 12.3 Å². The topological polar surface area (TPSA) is 44.3 Å². The third kappa shape index (κ3) is 7.30. The van der Waals surface area contributed by atoms with Crippen LogP contribution in [0.5, 0.6) is 0 Å². The average Bonchev–Trinajstić information content (AvgIpc) is 2.15. The Morgan fingerprint density at radius 1 is 1.00 bits per heavy atom. The normalized spacial score (nSPS) is 13.5. The molecule has 0 amide bonds. The SMILES string of the molecule is CCCCNC(NCCCC)C(C)O. The Labute approximate surface area is 88.3 Å². The second-order valence-electron chi connectivity index (χ2n) is 3.83. The Bertz CT molecular complexity index is 108. The van der Waals surface area contributed by atoms with E-state index in [0.29, 0.717) is 0 Å². The molecule has 0 saturated carbocycles. The van der Waals surface area contributed by atoms with Crippen LogP contribution in [0.15, 0.2) is 0 Å². The van der Waals surface area contributed by atoms with E-state index in [1.807, 2.05) is 6.92 Å². The molecule has 14 heavy (non-hydrogen) atoms. The maximum Gasteiger partial charge on any atom is 0.0836 e. The van der Waals surface area contributed by atoms with Crippen molar-refractivity contribution in [2.45, 2.75) is 58.7 Å². The molecule has 0 saturated heterocycles. The van der Waals surface area contributed by atoms with E-state index in [4.69, 9.17) is 0 Å². The fraction of sp³-hybridized carbons (Fsp3) is 1.00. The predicted octanol–water partition coefficient (Wildman–Crippen LogP) is 1.47. The third-order valence-corrected chi connectivity index (χ3v) is 2.27. The fourth-order valence-electron chi connectivity index (χ4n) is 1.28. The van der Waals surface area contributed by atoms with Gasteiger partial charge in [0.05, 0.1) is 12.3 Å². The molecule has 1 atom stereocenters. The molecule has 0 aromatic heterocycles. The molecule has 86 valence electrons. The van der Waals surface area contributed by atoms with Gasteiger partial charge in [0.1, 0.15) is 0 Å². The molecule has 0 rings (SSSR count). The van der Waals surface area contributed by atoms with Crippen LogP contribution in [-0.4, -0.2) is 30.5 Å². The van der Waals surface area contributed by atoms with Crippen LogP contribution in [0, 0.1) is 0 Å². The van der Waals surface area contributed by atoms with Crippen molar-refractivity contribution >= 4 is 0 Å². The molecule has 0 aromatic rings. The van der Waals surface area contributed by atoms with Crippen molar-refractivity contribution in [1.82, 2.24) is 10.6 Å². The highest BCUT2D eigenvalue weighted by Crippen LogP contribution is 1.92. The minimum atomic E-state index is -0.330. The Morgan fingerprint density at radius 2 is 1.43 bits per heavy atom. The zero-order chi connectivity index (χ0) is 10.8. The summed E-state index contributed by atoms with van der Waals surface area (Å²) in [4.78, 5) is 0. The van der Waals surface area contributed by atoms with Crippen LogP contribution < -0.4 is 10.6 Å². The molecule has 0 bridgehead atoms. The van der Waals surface area contributed by atoms with Gasteiger partial charge in [0.2, 0.25) is 0 Å². The molecular weight excluding hydrogens is 176 g/mol. The smallest absolute Gasteiger partial charge is 0.0836 e. The fourth-order valence-corrected chi connectivity index (χ4v) is 1.28. The summed E-state index contributed by atoms with van der Waals surface area (Å²) in [6.45, 7) is 8.12. The summed E-state index contributed by atoms with van der Waals surface area (Å²) in [6, 6.07) is 0. The Balaban J connectivity index is 3.55. The number of aliphatic hydroxyl groups excluding tert-OH is 1. The third-order valence-electron chi connectivity index (χ3n) is 2.27. The number of aliphatic hydroxyl groups is 1. The van der Waals surface area contributed by atoms with Gasteiger partial charge in [-0.3, -0.25) is 10.6 Å². The largest absolute Gasteiger partial charge is 0.390 e. The number of nitrogens with one attached hydrogen (secondary N) is 2. The molecule has 0 heterocycles. The molecule has 1 unspecified atom stereocenters. The van der Waals surface area contributed by atoms with Crippen LogP contribution in [0.1, 0.15) is 46.5 Å². The zero-order valence-corrected chi connectivity index (χ0v) is 9.84. The van der Waals surface area contributed by atoms with Gasteiger partial charge in [-0.25, -0.2) is 0 Å². The number of unbranched alkanes of at least 4 members (excludes halogenated alkanes) is 2. The molecule has 0 aliphatic heterocycles. The van der Waals surface area contributed by atoms with Gasteiger partial charge in [0.25, 0.3) is 0 Å². The lowest BCUT2D eigenvalue weighted by Crippen LogP contribution is -2.50. The lowest BCUT2D eigenvalue weighted by molar-refractivity contribution is 0.127. The van der Waals surface area contributed by atoms with Crippen LogP contribution in [-0.2, 0) is 0 Å². The highest BCUT2D eigenvalue weighted by Gasteiger charge is 2.11.